The van der Waals surface area contributed by atoms with Crippen molar-refractivity contribution in [2.24, 2.45) is 0 Å². The highest BCUT2D eigenvalue weighted by molar-refractivity contribution is 5.99. The number of aromatic nitrogens is 3. The summed E-state index contributed by atoms with van der Waals surface area (Å²) in [7, 11) is 0. The van der Waals surface area contributed by atoms with E-state index in [0.29, 0.717) is 10.4 Å². The van der Waals surface area contributed by atoms with E-state index in [1.807, 2.05) is 19.1 Å². The van der Waals surface area contributed by atoms with Crippen LogP contribution in [0.5, 0.6) is 0 Å². The topological polar surface area (TPSA) is 88.9 Å². The SMILES string of the molecule is Cc1cc(C)c(NC(=O)CNC(=O)c2nnn(-c3ccc(F)cc3)c2C(F)(F)F)c(C)c1. The van der Waals surface area contributed by atoms with Crippen LogP contribution in [0.3, 0.4) is 0 Å². The van der Waals surface area contributed by atoms with E-state index in [0.717, 1.165) is 41.0 Å². The Morgan fingerprint density at radius 2 is 1.62 bits per heavy atom. The highest BCUT2D eigenvalue weighted by Gasteiger charge is 2.42. The van der Waals surface area contributed by atoms with E-state index < -0.39 is 41.7 Å². The molecule has 1 heterocycles. The fourth-order valence-corrected chi connectivity index (χ4v) is 3.26. The van der Waals surface area contributed by atoms with Crippen molar-refractivity contribution < 1.29 is 27.2 Å². The molecule has 3 rings (SSSR count). The van der Waals surface area contributed by atoms with Crippen LogP contribution in [0.1, 0.15) is 32.9 Å². The molecule has 0 saturated heterocycles. The zero-order chi connectivity index (χ0) is 23.6. The molecule has 3 aromatic rings. The van der Waals surface area contributed by atoms with Crippen molar-refractivity contribution in [1.29, 1.82) is 0 Å². The second kappa shape index (κ2) is 8.77. The van der Waals surface area contributed by atoms with Gasteiger partial charge in [-0.2, -0.15) is 13.2 Å². The molecule has 0 unspecified atom stereocenters. The van der Waals surface area contributed by atoms with Crippen LogP contribution in [-0.2, 0) is 11.0 Å². The summed E-state index contributed by atoms with van der Waals surface area (Å²) < 4.78 is 54.4. The number of carbonyl (C=O) groups excluding carboxylic acids is 2. The maximum Gasteiger partial charge on any atom is 0.435 e. The van der Waals surface area contributed by atoms with Gasteiger partial charge in [-0.15, -0.1) is 5.10 Å². The smallest absolute Gasteiger partial charge is 0.341 e. The summed E-state index contributed by atoms with van der Waals surface area (Å²) >= 11 is 0. The Hall–Kier alpha value is -3.76. The predicted molar refractivity (Wildman–Crippen MR) is 108 cm³/mol. The number of aryl methyl sites for hydroxylation is 3. The Balaban J connectivity index is 1.78. The summed E-state index contributed by atoms with van der Waals surface area (Å²) in [5, 5.41) is 11.5. The number of anilines is 1. The van der Waals surface area contributed by atoms with E-state index in [2.05, 4.69) is 20.9 Å². The molecular formula is C21H19F4N5O2. The van der Waals surface area contributed by atoms with Gasteiger partial charge in [0.15, 0.2) is 11.4 Å². The summed E-state index contributed by atoms with van der Waals surface area (Å²) in [6, 6.07) is 7.78. The van der Waals surface area contributed by atoms with Gasteiger partial charge in [-0.1, -0.05) is 22.9 Å². The fourth-order valence-electron chi connectivity index (χ4n) is 3.26. The van der Waals surface area contributed by atoms with E-state index in [-0.39, 0.29) is 5.69 Å². The number of alkyl halides is 3. The van der Waals surface area contributed by atoms with Gasteiger partial charge in [0.1, 0.15) is 5.82 Å². The Morgan fingerprint density at radius 3 is 2.19 bits per heavy atom. The van der Waals surface area contributed by atoms with Crippen LogP contribution in [0.15, 0.2) is 36.4 Å². The first-order valence-corrected chi connectivity index (χ1v) is 9.42. The third-order valence-electron chi connectivity index (χ3n) is 4.58. The quantitative estimate of drug-likeness (QED) is 0.581. The fraction of sp³-hybridized carbons (Fsp3) is 0.238. The second-order valence-electron chi connectivity index (χ2n) is 7.18. The van der Waals surface area contributed by atoms with Gasteiger partial charge in [0.05, 0.1) is 12.2 Å². The van der Waals surface area contributed by atoms with Crippen molar-refractivity contribution in [3.8, 4) is 5.69 Å². The molecule has 0 radical (unpaired) electrons. The molecule has 1 aromatic heterocycles. The second-order valence-corrected chi connectivity index (χ2v) is 7.18. The lowest BCUT2D eigenvalue weighted by molar-refractivity contribution is -0.143. The maximum absolute atomic E-state index is 13.6. The van der Waals surface area contributed by atoms with Gasteiger partial charge < -0.3 is 10.6 Å². The number of hydrogen-bond acceptors (Lipinski definition) is 4. The maximum atomic E-state index is 13.6. The average Bonchev–Trinajstić information content (AvgIpc) is 3.15. The lowest BCUT2D eigenvalue weighted by Gasteiger charge is -2.13. The zero-order valence-corrected chi connectivity index (χ0v) is 17.3. The van der Waals surface area contributed by atoms with Gasteiger partial charge in [-0.3, -0.25) is 9.59 Å². The zero-order valence-electron chi connectivity index (χ0n) is 17.3. The number of nitrogens with one attached hydrogen (secondary N) is 2. The minimum Gasteiger partial charge on any atom is -0.341 e. The molecule has 2 N–H and O–H groups in total. The summed E-state index contributed by atoms with van der Waals surface area (Å²) in [5.41, 5.74) is 0.619. The molecule has 0 aliphatic carbocycles. The van der Waals surface area contributed by atoms with Crippen molar-refractivity contribution in [3.63, 3.8) is 0 Å². The predicted octanol–water partition coefficient (Wildman–Crippen LogP) is 3.72. The third kappa shape index (κ3) is 4.93. The van der Waals surface area contributed by atoms with E-state index in [1.54, 1.807) is 13.8 Å². The lowest BCUT2D eigenvalue weighted by atomic mass is 10.1. The molecule has 0 atom stereocenters. The Kier molecular flexibility index (Phi) is 6.28. The van der Waals surface area contributed by atoms with Gasteiger partial charge in [-0.25, -0.2) is 9.07 Å². The van der Waals surface area contributed by atoms with Gasteiger partial charge in [-0.05, 0) is 56.2 Å². The van der Waals surface area contributed by atoms with Crippen LogP contribution in [-0.4, -0.2) is 33.4 Å². The van der Waals surface area contributed by atoms with E-state index in [1.165, 1.54) is 0 Å². The molecule has 32 heavy (non-hydrogen) atoms. The summed E-state index contributed by atoms with van der Waals surface area (Å²) in [6.07, 6.45) is -4.98. The summed E-state index contributed by atoms with van der Waals surface area (Å²) in [6.45, 7) is 4.94. The number of halogens is 4. The molecule has 2 aromatic carbocycles. The molecule has 0 aliphatic rings. The Labute approximate surface area is 180 Å². The van der Waals surface area contributed by atoms with Crippen molar-refractivity contribution in [2.45, 2.75) is 26.9 Å². The molecule has 2 amide bonds. The van der Waals surface area contributed by atoms with Crippen LogP contribution in [0.25, 0.3) is 5.69 Å². The highest BCUT2D eigenvalue weighted by atomic mass is 19.4. The number of hydrogen-bond donors (Lipinski definition) is 2. The highest BCUT2D eigenvalue weighted by Crippen LogP contribution is 2.32. The van der Waals surface area contributed by atoms with Gasteiger partial charge in [0, 0.05) is 5.69 Å². The molecule has 0 bridgehead atoms. The van der Waals surface area contributed by atoms with Crippen LogP contribution < -0.4 is 10.6 Å². The molecule has 7 nitrogen and oxygen atoms in total. The first-order chi connectivity index (χ1) is 15.0. The number of rotatable bonds is 5. The van der Waals surface area contributed by atoms with Crippen LogP contribution in [0.2, 0.25) is 0 Å². The normalized spacial score (nSPS) is 11.3. The van der Waals surface area contributed by atoms with Gasteiger partial charge in [0.25, 0.3) is 5.91 Å². The summed E-state index contributed by atoms with van der Waals surface area (Å²) in [5.74, 6) is -2.49. The first-order valence-electron chi connectivity index (χ1n) is 9.42. The first kappa shape index (κ1) is 22.9. The van der Waals surface area contributed by atoms with Crippen molar-refractivity contribution in [3.05, 3.63) is 70.3 Å². The number of carbonyl (C=O) groups is 2. The van der Waals surface area contributed by atoms with Crippen molar-refractivity contribution >= 4 is 17.5 Å². The minimum atomic E-state index is -4.98. The molecule has 0 spiro atoms. The molecule has 11 heteroatoms. The van der Waals surface area contributed by atoms with Crippen LogP contribution in [0, 0.1) is 26.6 Å². The molecule has 0 fully saturated rings. The van der Waals surface area contributed by atoms with Gasteiger partial charge >= 0.3 is 6.18 Å². The van der Waals surface area contributed by atoms with Crippen molar-refractivity contribution in [2.75, 3.05) is 11.9 Å². The number of amides is 2. The Morgan fingerprint density at radius 1 is 1.03 bits per heavy atom. The lowest BCUT2D eigenvalue weighted by Crippen LogP contribution is -2.34. The standard InChI is InChI=1S/C21H19F4N5O2/c1-11-8-12(2)17(13(3)9-11)27-16(31)10-26-20(32)18-19(21(23,24)25)30(29-28-18)15-6-4-14(22)5-7-15/h4-9H,10H2,1-3H3,(H,26,32)(H,27,31). The third-order valence-corrected chi connectivity index (χ3v) is 4.58. The van der Waals surface area contributed by atoms with Crippen molar-refractivity contribution in [1.82, 2.24) is 20.3 Å². The minimum absolute atomic E-state index is 0.131. The average molecular weight is 449 g/mol. The number of nitrogens with zero attached hydrogens (tertiary/aromatic N) is 3. The van der Waals surface area contributed by atoms with E-state index in [4.69, 9.17) is 0 Å². The largest absolute Gasteiger partial charge is 0.435 e. The molecule has 0 saturated carbocycles. The molecule has 0 aliphatic heterocycles. The number of benzene rings is 2. The monoisotopic (exact) mass is 449 g/mol. The molecule has 168 valence electrons. The summed E-state index contributed by atoms with van der Waals surface area (Å²) in [4.78, 5) is 24.6. The van der Waals surface area contributed by atoms with Crippen LogP contribution >= 0.6 is 0 Å². The van der Waals surface area contributed by atoms with E-state index >= 15 is 0 Å². The Bertz CT molecular complexity index is 1150. The van der Waals surface area contributed by atoms with Gasteiger partial charge in [0.2, 0.25) is 5.91 Å². The molecular weight excluding hydrogens is 430 g/mol. The van der Waals surface area contributed by atoms with Crippen LogP contribution in [0.4, 0.5) is 23.2 Å². The van der Waals surface area contributed by atoms with E-state index in [9.17, 15) is 27.2 Å².